The quantitative estimate of drug-likeness (QED) is 0.823. The van der Waals surface area contributed by atoms with Crippen LogP contribution < -0.4 is 4.74 Å². The van der Waals surface area contributed by atoms with Crippen molar-refractivity contribution in [3.05, 3.63) is 34.8 Å². The van der Waals surface area contributed by atoms with E-state index in [-0.39, 0.29) is 0 Å². The van der Waals surface area contributed by atoms with Crippen LogP contribution in [0.1, 0.15) is 12.8 Å². The van der Waals surface area contributed by atoms with Crippen LogP contribution in [0.25, 0.3) is 10.6 Å². The highest BCUT2D eigenvalue weighted by Crippen LogP contribution is 2.31. The van der Waals surface area contributed by atoms with Crippen molar-refractivity contribution < 1.29 is 4.74 Å². The highest BCUT2D eigenvalue weighted by atomic mass is 35.5. The first kappa shape index (κ1) is 10.1. The molecule has 0 radical (unpaired) electrons. The van der Waals surface area contributed by atoms with Gasteiger partial charge in [0.2, 0.25) is 0 Å². The minimum Gasteiger partial charge on any atom is -0.490 e. The zero-order chi connectivity index (χ0) is 11.0. The second-order valence-corrected chi connectivity index (χ2v) is 5.07. The van der Waals surface area contributed by atoms with Gasteiger partial charge in [-0.15, -0.1) is 11.3 Å². The van der Waals surface area contributed by atoms with Crippen molar-refractivity contribution in [2.45, 2.75) is 18.9 Å². The van der Waals surface area contributed by atoms with Gasteiger partial charge in [-0.05, 0) is 25.0 Å². The van der Waals surface area contributed by atoms with Crippen molar-refractivity contribution in [3.8, 4) is 16.3 Å². The molecule has 1 aromatic heterocycles. The summed E-state index contributed by atoms with van der Waals surface area (Å²) < 4.78 is 5.74. The Labute approximate surface area is 103 Å². The number of hydrogen-bond donors (Lipinski definition) is 0. The smallest absolute Gasteiger partial charge is 0.140 e. The summed E-state index contributed by atoms with van der Waals surface area (Å²) in [5.74, 6) is 0.923. The first-order chi connectivity index (χ1) is 7.81. The lowest BCUT2D eigenvalue weighted by molar-refractivity contribution is 0.303. The molecule has 4 heteroatoms. The lowest BCUT2D eigenvalue weighted by Gasteiger charge is -2.04. The van der Waals surface area contributed by atoms with Crippen LogP contribution in [0.5, 0.6) is 5.75 Å². The molecule has 16 heavy (non-hydrogen) atoms. The highest BCUT2D eigenvalue weighted by molar-refractivity contribution is 7.13. The fourth-order valence-electron chi connectivity index (χ4n) is 1.47. The van der Waals surface area contributed by atoms with Crippen LogP contribution in [0.4, 0.5) is 0 Å². The van der Waals surface area contributed by atoms with Crippen LogP contribution in [-0.2, 0) is 0 Å². The van der Waals surface area contributed by atoms with Crippen LogP contribution in [0.3, 0.4) is 0 Å². The normalized spacial score (nSPS) is 15.1. The van der Waals surface area contributed by atoms with Gasteiger partial charge in [-0.25, -0.2) is 4.98 Å². The van der Waals surface area contributed by atoms with Gasteiger partial charge < -0.3 is 4.74 Å². The van der Waals surface area contributed by atoms with Crippen LogP contribution in [0, 0.1) is 0 Å². The Kier molecular flexibility index (Phi) is 2.58. The predicted octanol–water partition coefficient (Wildman–Crippen LogP) is 4.00. The summed E-state index contributed by atoms with van der Waals surface area (Å²) in [4.78, 5) is 4.25. The van der Waals surface area contributed by atoms with E-state index in [1.807, 2.05) is 29.6 Å². The molecular formula is C12H10ClNOS. The summed E-state index contributed by atoms with van der Waals surface area (Å²) in [7, 11) is 0. The van der Waals surface area contributed by atoms with E-state index in [4.69, 9.17) is 16.3 Å². The molecule has 1 heterocycles. The molecule has 3 rings (SSSR count). The van der Waals surface area contributed by atoms with E-state index in [0.29, 0.717) is 11.3 Å². The maximum atomic E-state index is 5.81. The zero-order valence-electron chi connectivity index (χ0n) is 8.52. The number of ether oxygens (including phenoxy) is 1. The topological polar surface area (TPSA) is 22.1 Å². The summed E-state index contributed by atoms with van der Waals surface area (Å²) in [5, 5.41) is 3.32. The van der Waals surface area contributed by atoms with Gasteiger partial charge in [-0.2, -0.15) is 0 Å². The molecule has 0 atom stereocenters. The number of aromatic nitrogens is 1. The van der Waals surface area contributed by atoms with E-state index >= 15 is 0 Å². The van der Waals surface area contributed by atoms with E-state index in [9.17, 15) is 0 Å². The second-order valence-electron chi connectivity index (χ2n) is 3.82. The maximum absolute atomic E-state index is 5.81. The number of hydrogen-bond acceptors (Lipinski definition) is 3. The van der Waals surface area contributed by atoms with E-state index < -0.39 is 0 Å². The first-order valence-electron chi connectivity index (χ1n) is 5.19. The molecule has 82 valence electrons. The molecule has 0 N–H and O–H groups in total. The Morgan fingerprint density at radius 1 is 1.38 bits per heavy atom. The van der Waals surface area contributed by atoms with Gasteiger partial charge in [-0.1, -0.05) is 23.7 Å². The summed E-state index contributed by atoms with van der Waals surface area (Å²) in [5.41, 5.74) is 1.06. The van der Waals surface area contributed by atoms with Crippen LogP contribution in [0.15, 0.2) is 29.6 Å². The molecule has 1 fully saturated rings. The molecule has 1 aromatic carbocycles. The molecule has 2 aromatic rings. The molecule has 1 aliphatic carbocycles. The van der Waals surface area contributed by atoms with E-state index in [2.05, 4.69) is 4.98 Å². The van der Waals surface area contributed by atoms with Gasteiger partial charge in [0.05, 0.1) is 6.10 Å². The van der Waals surface area contributed by atoms with Crippen molar-refractivity contribution in [2.24, 2.45) is 0 Å². The van der Waals surface area contributed by atoms with Crippen LogP contribution in [0.2, 0.25) is 5.15 Å². The van der Waals surface area contributed by atoms with E-state index in [1.54, 1.807) is 11.3 Å². The molecule has 0 saturated heterocycles. The van der Waals surface area contributed by atoms with Gasteiger partial charge in [0.25, 0.3) is 0 Å². The molecular weight excluding hydrogens is 242 g/mol. The summed E-state index contributed by atoms with van der Waals surface area (Å²) >= 11 is 7.36. The van der Waals surface area contributed by atoms with E-state index in [1.165, 1.54) is 12.8 Å². The summed E-state index contributed by atoms with van der Waals surface area (Å²) in [6.07, 6.45) is 2.77. The molecule has 1 aliphatic rings. The predicted molar refractivity (Wildman–Crippen MR) is 66.2 cm³/mol. The largest absolute Gasteiger partial charge is 0.490 e. The monoisotopic (exact) mass is 251 g/mol. The average Bonchev–Trinajstić information content (AvgIpc) is 2.98. The number of nitrogens with zero attached hydrogens (tertiary/aromatic N) is 1. The highest BCUT2D eigenvalue weighted by Gasteiger charge is 2.23. The Hall–Kier alpha value is -1.06. The van der Waals surface area contributed by atoms with Crippen molar-refractivity contribution in [1.82, 2.24) is 4.98 Å². The average molecular weight is 252 g/mol. The molecule has 0 unspecified atom stereocenters. The van der Waals surface area contributed by atoms with Gasteiger partial charge in [0.15, 0.2) is 0 Å². The molecule has 0 aliphatic heterocycles. The SMILES string of the molecule is Clc1csc(-c2cccc(OC3CC3)c2)n1. The van der Waals surface area contributed by atoms with Crippen molar-refractivity contribution in [2.75, 3.05) is 0 Å². The second kappa shape index (κ2) is 4.07. The van der Waals surface area contributed by atoms with Gasteiger partial charge in [0, 0.05) is 10.9 Å². The summed E-state index contributed by atoms with van der Waals surface area (Å²) in [6, 6.07) is 8.02. The number of rotatable bonds is 3. The number of benzene rings is 1. The maximum Gasteiger partial charge on any atom is 0.140 e. The van der Waals surface area contributed by atoms with Crippen LogP contribution >= 0.6 is 22.9 Å². The Morgan fingerprint density at radius 3 is 2.94 bits per heavy atom. The van der Waals surface area contributed by atoms with Crippen LogP contribution in [-0.4, -0.2) is 11.1 Å². The first-order valence-corrected chi connectivity index (χ1v) is 6.45. The Bertz CT molecular complexity index is 507. The lowest BCUT2D eigenvalue weighted by Crippen LogP contribution is -1.95. The molecule has 1 saturated carbocycles. The van der Waals surface area contributed by atoms with Crippen molar-refractivity contribution in [1.29, 1.82) is 0 Å². The van der Waals surface area contributed by atoms with E-state index in [0.717, 1.165) is 16.3 Å². The minimum absolute atomic E-state index is 0.426. The van der Waals surface area contributed by atoms with Crippen molar-refractivity contribution >= 4 is 22.9 Å². The third-order valence-electron chi connectivity index (χ3n) is 2.38. The van der Waals surface area contributed by atoms with Crippen molar-refractivity contribution in [3.63, 3.8) is 0 Å². The Balaban J connectivity index is 1.88. The molecule has 0 bridgehead atoms. The van der Waals surface area contributed by atoms with Gasteiger partial charge >= 0.3 is 0 Å². The Morgan fingerprint density at radius 2 is 2.25 bits per heavy atom. The third kappa shape index (κ3) is 2.20. The zero-order valence-corrected chi connectivity index (χ0v) is 10.1. The lowest BCUT2D eigenvalue weighted by atomic mass is 10.2. The summed E-state index contributed by atoms with van der Waals surface area (Å²) in [6.45, 7) is 0. The number of halogens is 1. The molecule has 0 spiro atoms. The van der Waals surface area contributed by atoms with Gasteiger partial charge in [0.1, 0.15) is 15.9 Å². The molecule has 0 amide bonds. The standard InChI is InChI=1S/C12H10ClNOS/c13-11-7-16-12(14-11)8-2-1-3-10(6-8)15-9-4-5-9/h1-3,6-7,9H,4-5H2. The fourth-order valence-corrected chi connectivity index (χ4v) is 2.41. The number of thiazole rings is 1. The molecule has 2 nitrogen and oxygen atoms in total. The minimum atomic E-state index is 0.426. The fraction of sp³-hybridized carbons (Fsp3) is 0.250. The van der Waals surface area contributed by atoms with Gasteiger partial charge in [-0.3, -0.25) is 0 Å². The third-order valence-corrected chi connectivity index (χ3v) is 3.60.